The van der Waals surface area contributed by atoms with Gasteiger partial charge in [0.25, 0.3) is 0 Å². The van der Waals surface area contributed by atoms with Gasteiger partial charge in [-0.05, 0) is 36.7 Å². The molecule has 0 saturated carbocycles. The van der Waals surface area contributed by atoms with Crippen LogP contribution in [0.1, 0.15) is 25.3 Å². The molecule has 2 nitrogen and oxygen atoms in total. The molecule has 19 heavy (non-hydrogen) atoms. The van der Waals surface area contributed by atoms with Gasteiger partial charge in [0, 0.05) is 24.9 Å². The lowest BCUT2D eigenvalue weighted by Crippen LogP contribution is -2.46. The van der Waals surface area contributed by atoms with E-state index in [-0.39, 0.29) is 11.2 Å². The van der Waals surface area contributed by atoms with Crippen LogP contribution in [0, 0.1) is 11.2 Å². The normalized spacial score (nSPS) is 24.5. The maximum absolute atomic E-state index is 12.9. The molecule has 1 aliphatic heterocycles. The molecular weight excluding hydrogens is 241 g/mol. The van der Waals surface area contributed by atoms with Crippen molar-refractivity contribution in [1.82, 2.24) is 4.90 Å². The largest absolute Gasteiger partial charge is 0.305 e. The van der Waals surface area contributed by atoms with Crippen molar-refractivity contribution < 1.29 is 9.18 Å². The highest BCUT2D eigenvalue weighted by molar-refractivity contribution is 5.87. The van der Waals surface area contributed by atoms with Crippen LogP contribution in [0.2, 0.25) is 0 Å². The van der Waals surface area contributed by atoms with Crippen molar-refractivity contribution in [3.63, 3.8) is 0 Å². The van der Waals surface area contributed by atoms with Crippen molar-refractivity contribution in [2.24, 2.45) is 5.41 Å². The molecule has 2 rings (SSSR count). The van der Waals surface area contributed by atoms with Gasteiger partial charge in [0.15, 0.2) is 0 Å². The molecule has 1 unspecified atom stereocenters. The summed E-state index contributed by atoms with van der Waals surface area (Å²) in [6.07, 6.45) is 1.23. The number of carbonyl (C=O) groups is 1. The summed E-state index contributed by atoms with van der Waals surface area (Å²) >= 11 is 0. The Hall–Kier alpha value is -1.48. The summed E-state index contributed by atoms with van der Waals surface area (Å²) in [5.41, 5.74) is 1.42. The number of allylic oxidation sites excluding steroid dienone is 1. The van der Waals surface area contributed by atoms with Crippen LogP contribution in [-0.2, 0) is 4.79 Å². The number of Topliss-reactive ketones (excluding diaryl/α,β-unsaturated/α-hetero) is 1. The summed E-state index contributed by atoms with van der Waals surface area (Å²) in [6, 6.07) is 6.30. The predicted octanol–water partition coefficient (Wildman–Crippen LogP) is 3.14. The van der Waals surface area contributed by atoms with Gasteiger partial charge in [0.1, 0.15) is 11.6 Å². The van der Waals surface area contributed by atoms with Gasteiger partial charge in [-0.15, -0.1) is 0 Å². The fourth-order valence-corrected chi connectivity index (χ4v) is 2.77. The molecular formula is C16H20FNO. The van der Waals surface area contributed by atoms with Crippen LogP contribution >= 0.6 is 0 Å². The second-order valence-electron chi connectivity index (χ2n) is 5.76. The zero-order valence-electron chi connectivity index (χ0n) is 11.6. The van der Waals surface area contributed by atoms with E-state index >= 15 is 0 Å². The molecule has 0 aliphatic carbocycles. The molecule has 0 bridgehead atoms. The Morgan fingerprint density at radius 3 is 2.68 bits per heavy atom. The Kier molecular flexibility index (Phi) is 3.85. The number of piperidine rings is 1. The van der Waals surface area contributed by atoms with Crippen molar-refractivity contribution in [3.8, 4) is 0 Å². The summed E-state index contributed by atoms with van der Waals surface area (Å²) in [6.45, 7) is 7.65. The van der Waals surface area contributed by atoms with Crippen molar-refractivity contribution in [2.75, 3.05) is 20.1 Å². The minimum absolute atomic E-state index is 0.253. The van der Waals surface area contributed by atoms with Crippen molar-refractivity contribution in [2.45, 2.75) is 19.8 Å². The summed E-state index contributed by atoms with van der Waals surface area (Å²) in [5, 5.41) is 0. The second-order valence-corrected chi connectivity index (χ2v) is 5.76. The van der Waals surface area contributed by atoms with Crippen LogP contribution in [-0.4, -0.2) is 30.8 Å². The third kappa shape index (κ3) is 3.10. The fraction of sp³-hybridized carbons (Fsp3) is 0.438. The van der Waals surface area contributed by atoms with Gasteiger partial charge in [-0.3, -0.25) is 4.79 Å². The maximum atomic E-state index is 12.9. The number of halogens is 1. The molecule has 1 fully saturated rings. The van der Waals surface area contributed by atoms with Gasteiger partial charge in [0.05, 0.1) is 0 Å². The molecule has 0 aromatic heterocycles. The first kappa shape index (κ1) is 13.9. The van der Waals surface area contributed by atoms with Crippen molar-refractivity contribution in [3.05, 3.63) is 42.2 Å². The van der Waals surface area contributed by atoms with Gasteiger partial charge in [-0.25, -0.2) is 4.39 Å². The van der Waals surface area contributed by atoms with Crippen LogP contribution in [0.25, 0.3) is 5.57 Å². The van der Waals surface area contributed by atoms with E-state index in [9.17, 15) is 9.18 Å². The number of carbonyl (C=O) groups excluding carboxylic acids is 1. The van der Waals surface area contributed by atoms with Crippen LogP contribution in [0.3, 0.4) is 0 Å². The highest BCUT2D eigenvalue weighted by Gasteiger charge is 2.37. The predicted molar refractivity (Wildman–Crippen MR) is 75.3 cm³/mol. The molecule has 0 spiro atoms. The quantitative estimate of drug-likeness (QED) is 0.833. The topological polar surface area (TPSA) is 20.3 Å². The van der Waals surface area contributed by atoms with Gasteiger partial charge >= 0.3 is 0 Å². The molecule has 1 atom stereocenters. The van der Waals surface area contributed by atoms with E-state index in [1.165, 1.54) is 12.1 Å². The lowest BCUT2D eigenvalue weighted by Gasteiger charge is -2.38. The molecule has 0 radical (unpaired) electrons. The molecule has 0 N–H and O–H groups in total. The Morgan fingerprint density at radius 2 is 2.05 bits per heavy atom. The number of hydrogen-bond donors (Lipinski definition) is 0. The summed E-state index contributed by atoms with van der Waals surface area (Å²) in [7, 11) is 2.03. The van der Waals surface area contributed by atoms with Crippen LogP contribution in [0.4, 0.5) is 4.39 Å². The van der Waals surface area contributed by atoms with E-state index in [0.717, 1.165) is 24.2 Å². The van der Waals surface area contributed by atoms with E-state index in [1.807, 2.05) is 14.0 Å². The van der Waals surface area contributed by atoms with Gasteiger partial charge in [-0.1, -0.05) is 25.6 Å². The number of hydrogen-bond acceptors (Lipinski definition) is 2. The third-order valence-corrected chi connectivity index (χ3v) is 3.87. The molecule has 1 aromatic carbocycles. The molecule has 0 amide bonds. The van der Waals surface area contributed by atoms with E-state index < -0.39 is 0 Å². The number of likely N-dealkylation sites (tertiary alicyclic amines) is 1. The Labute approximate surface area is 113 Å². The van der Waals surface area contributed by atoms with Gasteiger partial charge in [0.2, 0.25) is 0 Å². The minimum atomic E-state index is -0.377. The number of nitrogens with zero attached hydrogens (tertiary/aromatic N) is 1. The monoisotopic (exact) mass is 261 g/mol. The average Bonchev–Trinajstić information content (AvgIpc) is 2.35. The molecule has 3 heteroatoms. The Morgan fingerprint density at radius 1 is 1.42 bits per heavy atom. The second kappa shape index (κ2) is 5.25. The molecule has 1 heterocycles. The van der Waals surface area contributed by atoms with E-state index in [0.29, 0.717) is 18.6 Å². The molecule has 102 valence electrons. The van der Waals surface area contributed by atoms with Gasteiger partial charge < -0.3 is 4.90 Å². The first-order chi connectivity index (χ1) is 8.90. The smallest absolute Gasteiger partial charge is 0.141 e. The van der Waals surface area contributed by atoms with Crippen LogP contribution in [0.15, 0.2) is 30.8 Å². The average molecular weight is 261 g/mol. The highest BCUT2D eigenvalue weighted by Crippen LogP contribution is 2.35. The Balaban J connectivity index is 2.13. The number of rotatable bonds is 3. The van der Waals surface area contributed by atoms with Crippen LogP contribution in [0.5, 0.6) is 0 Å². The molecule has 1 aromatic rings. The summed E-state index contributed by atoms with van der Waals surface area (Å²) in [5.74, 6) is 0.0464. The molecule has 1 aliphatic rings. The first-order valence-electron chi connectivity index (χ1n) is 6.56. The van der Waals surface area contributed by atoms with Gasteiger partial charge in [-0.2, -0.15) is 0 Å². The zero-order valence-corrected chi connectivity index (χ0v) is 11.6. The fourth-order valence-electron chi connectivity index (χ4n) is 2.77. The molecule has 1 saturated heterocycles. The van der Waals surface area contributed by atoms with Crippen LogP contribution < -0.4 is 0 Å². The number of ketones is 1. The zero-order chi connectivity index (χ0) is 14.0. The first-order valence-corrected chi connectivity index (χ1v) is 6.56. The minimum Gasteiger partial charge on any atom is -0.305 e. The summed E-state index contributed by atoms with van der Waals surface area (Å²) in [4.78, 5) is 14.3. The van der Waals surface area contributed by atoms with E-state index in [2.05, 4.69) is 11.5 Å². The maximum Gasteiger partial charge on any atom is 0.141 e. The standard InChI is InChI=1S/C16H20FNO/c1-12(13-4-6-14(17)7-5-13)10-16(2)11-18(3)9-8-15(16)19/h4-7H,1,8-11H2,2-3H3. The highest BCUT2D eigenvalue weighted by atomic mass is 19.1. The Bertz CT molecular complexity index is 494. The van der Waals surface area contributed by atoms with E-state index in [1.54, 1.807) is 12.1 Å². The lowest BCUT2D eigenvalue weighted by molar-refractivity contribution is -0.131. The van der Waals surface area contributed by atoms with E-state index in [4.69, 9.17) is 0 Å². The summed E-state index contributed by atoms with van der Waals surface area (Å²) < 4.78 is 12.9. The van der Waals surface area contributed by atoms with Crippen molar-refractivity contribution in [1.29, 1.82) is 0 Å². The van der Waals surface area contributed by atoms with Crippen molar-refractivity contribution >= 4 is 11.4 Å². The third-order valence-electron chi connectivity index (χ3n) is 3.87. The lowest BCUT2D eigenvalue weighted by atomic mass is 9.75. The SMILES string of the molecule is C=C(CC1(C)CN(C)CCC1=O)c1ccc(F)cc1. The number of benzene rings is 1.